The molecule has 0 bridgehead atoms. The number of piperazine rings is 1. The number of hydrogen-bond donors (Lipinski definition) is 0. The average molecular weight is 419 g/mol. The van der Waals surface area contributed by atoms with Crippen LogP contribution in [0.25, 0.3) is 5.69 Å². The van der Waals surface area contributed by atoms with Gasteiger partial charge in [-0.2, -0.15) is 22.1 Å². The maximum atomic E-state index is 12.9. The molecule has 9 nitrogen and oxygen atoms in total. The van der Waals surface area contributed by atoms with E-state index in [1.165, 1.54) is 10.6 Å². The van der Waals surface area contributed by atoms with Gasteiger partial charge in [0.1, 0.15) is 12.7 Å². The largest absolute Gasteiger partial charge is 0.336 e. The quantitative estimate of drug-likeness (QED) is 0.743. The van der Waals surface area contributed by atoms with Crippen molar-refractivity contribution in [3.8, 4) is 5.69 Å². The van der Waals surface area contributed by atoms with Crippen molar-refractivity contribution in [2.24, 2.45) is 0 Å². The third kappa shape index (κ3) is 4.34. The van der Waals surface area contributed by atoms with Crippen molar-refractivity contribution in [1.82, 2.24) is 28.3 Å². The summed E-state index contributed by atoms with van der Waals surface area (Å²) >= 11 is 0. The summed E-state index contributed by atoms with van der Waals surface area (Å²) in [6, 6.07) is 7.17. The summed E-state index contributed by atoms with van der Waals surface area (Å²) in [4.78, 5) is 18.4. The second kappa shape index (κ2) is 8.60. The summed E-state index contributed by atoms with van der Waals surface area (Å²) in [5.41, 5.74) is 1.41. The van der Waals surface area contributed by atoms with Crippen LogP contribution in [0.5, 0.6) is 0 Å². The third-order valence-corrected chi connectivity index (χ3v) is 7.58. The highest BCUT2D eigenvalue weighted by atomic mass is 32.2. The Balaban J connectivity index is 1.37. The molecule has 0 spiro atoms. The lowest BCUT2D eigenvalue weighted by molar-refractivity contribution is 0.0694. The lowest BCUT2D eigenvalue weighted by Gasteiger charge is -2.36. The van der Waals surface area contributed by atoms with Crippen LogP contribution in [0.2, 0.25) is 0 Å². The molecule has 1 aromatic carbocycles. The molecule has 2 aromatic rings. The molecule has 2 saturated heterocycles. The van der Waals surface area contributed by atoms with Crippen LogP contribution in [0.3, 0.4) is 0 Å². The molecule has 1 aromatic heterocycles. The summed E-state index contributed by atoms with van der Waals surface area (Å²) in [7, 11) is -3.44. The fourth-order valence-corrected chi connectivity index (χ4v) is 5.51. The van der Waals surface area contributed by atoms with Crippen molar-refractivity contribution >= 4 is 16.1 Å². The number of rotatable bonds is 4. The van der Waals surface area contributed by atoms with Gasteiger partial charge in [-0.3, -0.25) is 4.79 Å². The Morgan fingerprint density at radius 3 is 2.03 bits per heavy atom. The Morgan fingerprint density at radius 1 is 0.828 bits per heavy atom. The summed E-state index contributed by atoms with van der Waals surface area (Å²) < 4.78 is 30.6. The molecule has 10 heteroatoms. The summed E-state index contributed by atoms with van der Waals surface area (Å²) in [6.07, 6.45) is 7.07. The zero-order valence-corrected chi connectivity index (χ0v) is 17.2. The number of aromatic nitrogens is 3. The molecule has 0 radical (unpaired) electrons. The average Bonchev–Trinajstić information content (AvgIpc) is 3.15. The highest BCUT2D eigenvalue weighted by Gasteiger charge is 2.33. The van der Waals surface area contributed by atoms with Gasteiger partial charge in [0.15, 0.2) is 0 Å². The van der Waals surface area contributed by atoms with Crippen LogP contribution in [-0.4, -0.2) is 81.9 Å². The highest BCUT2D eigenvalue weighted by molar-refractivity contribution is 7.86. The molecule has 0 aliphatic carbocycles. The molecule has 1 amide bonds. The molecule has 2 fully saturated rings. The van der Waals surface area contributed by atoms with Crippen LogP contribution in [0.1, 0.15) is 36.0 Å². The van der Waals surface area contributed by atoms with Crippen LogP contribution in [0, 0.1) is 0 Å². The number of benzene rings is 1. The molecule has 29 heavy (non-hydrogen) atoms. The SMILES string of the molecule is O=C(c1ccc(-n2cncn2)cc1)N1CCN(S(=O)(=O)N2CCCCCC2)CC1. The van der Waals surface area contributed by atoms with E-state index in [1.807, 2.05) is 12.1 Å². The molecule has 0 atom stereocenters. The van der Waals surface area contributed by atoms with Crippen LogP contribution in [0.4, 0.5) is 0 Å². The molecule has 2 aliphatic rings. The molecule has 156 valence electrons. The lowest BCUT2D eigenvalue weighted by Crippen LogP contribution is -2.54. The van der Waals surface area contributed by atoms with E-state index in [-0.39, 0.29) is 5.91 Å². The zero-order chi connectivity index (χ0) is 20.3. The summed E-state index contributed by atoms with van der Waals surface area (Å²) in [6.45, 7) is 2.66. The molecular weight excluding hydrogens is 392 g/mol. The molecule has 3 heterocycles. The van der Waals surface area contributed by atoms with E-state index in [0.717, 1.165) is 31.4 Å². The van der Waals surface area contributed by atoms with Crippen molar-refractivity contribution in [3.63, 3.8) is 0 Å². The minimum absolute atomic E-state index is 0.0815. The second-order valence-corrected chi connectivity index (χ2v) is 9.33. The Labute approximate surface area is 171 Å². The van der Waals surface area contributed by atoms with Crippen LogP contribution >= 0.6 is 0 Å². The topological polar surface area (TPSA) is 91.6 Å². The van der Waals surface area contributed by atoms with Gasteiger partial charge in [-0.15, -0.1) is 0 Å². The minimum atomic E-state index is -3.44. The molecule has 0 unspecified atom stereocenters. The standard InChI is InChI=1S/C19H26N6O3S/c26-19(17-5-7-18(8-6-17)25-16-20-15-21-25)22-11-13-24(14-12-22)29(27,28)23-9-3-1-2-4-10-23/h5-8,15-16H,1-4,9-14H2. The molecule has 4 rings (SSSR count). The number of nitrogens with zero attached hydrogens (tertiary/aromatic N) is 6. The monoisotopic (exact) mass is 418 g/mol. The highest BCUT2D eigenvalue weighted by Crippen LogP contribution is 2.19. The van der Waals surface area contributed by atoms with Gasteiger partial charge in [0.05, 0.1) is 5.69 Å². The Morgan fingerprint density at radius 2 is 1.45 bits per heavy atom. The molecule has 2 aliphatic heterocycles. The fourth-order valence-electron chi connectivity index (χ4n) is 3.84. The first-order chi connectivity index (χ1) is 14.1. The smallest absolute Gasteiger partial charge is 0.282 e. The van der Waals surface area contributed by atoms with Crippen molar-refractivity contribution in [2.45, 2.75) is 25.7 Å². The zero-order valence-electron chi connectivity index (χ0n) is 16.4. The second-order valence-electron chi connectivity index (χ2n) is 7.40. The van der Waals surface area contributed by atoms with E-state index >= 15 is 0 Å². The van der Waals surface area contributed by atoms with E-state index < -0.39 is 10.2 Å². The number of carbonyl (C=O) groups excluding carboxylic acids is 1. The van der Waals surface area contributed by atoms with E-state index in [9.17, 15) is 13.2 Å². The number of amides is 1. The van der Waals surface area contributed by atoms with E-state index in [1.54, 1.807) is 32.3 Å². The Hall–Kier alpha value is -2.30. The van der Waals surface area contributed by atoms with Gasteiger partial charge >= 0.3 is 0 Å². The van der Waals surface area contributed by atoms with Crippen molar-refractivity contribution in [1.29, 1.82) is 0 Å². The first-order valence-corrected chi connectivity index (χ1v) is 11.4. The fraction of sp³-hybridized carbons (Fsp3) is 0.526. The van der Waals surface area contributed by atoms with Gasteiger partial charge < -0.3 is 4.90 Å². The van der Waals surface area contributed by atoms with Crippen LogP contribution in [0.15, 0.2) is 36.9 Å². The van der Waals surface area contributed by atoms with Gasteiger partial charge in [-0.25, -0.2) is 9.67 Å². The first-order valence-electron chi connectivity index (χ1n) is 10.1. The third-order valence-electron chi connectivity index (χ3n) is 5.54. The summed E-state index contributed by atoms with van der Waals surface area (Å²) in [5.74, 6) is -0.0815. The van der Waals surface area contributed by atoms with Crippen molar-refractivity contribution < 1.29 is 13.2 Å². The number of carbonyl (C=O) groups is 1. The predicted octanol–water partition coefficient (Wildman–Crippen LogP) is 1.15. The molecule has 0 N–H and O–H groups in total. The van der Waals surface area contributed by atoms with Crippen molar-refractivity contribution in [2.75, 3.05) is 39.3 Å². The van der Waals surface area contributed by atoms with Gasteiger partial charge in [0.25, 0.3) is 16.1 Å². The predicted molar refractivity (Wildman–Crippen MR) is 108 cm³/mol. The van der Waals surface area contributed by atoms with Crippen molar-refractivity contribution in [3.05, 3.63) is 42.5 Å². The maximum absolute atomic E-state index is 12.9. The normalized spacial score (nSPS) is 19.8. The van der Waals surface area contributed by atoms with Crippen LogP contribution in [-0.2, 0) is 10.2 Å². The Bertz CT molecular complexity index is 913. The van der Waals surface area contributed by atoms with Gasteiger partial charge in [0, 0.05) is 44.8 Å². The van der Waals surface area contributed by atoms with Crippen LogP contribution < -0.4 is 0 Å². The Kier molecular flexibility index (Phi) is 5.93. The summed E-state index contributed by atoms with van der Waals surface area (Å²) in [5, 5.41) is 4.07. The van der Waals surface area contributed by atoms with Gasteiger partial charge in [0.2, 0.25) is 0 Å². The van der Waals surface area contributed by atoms with Gasteiger partial charge in [-0.05, 0) is 37.1 Å². The number of hydrogen-bond acceptors (Lipinski definition) is 5. The van der Waals surface area contributed by atoms with E-state index in [4.69, 9.17) is 0 Å². The van der Waals surface area contributed by atoms with E-state index in [2.05, 4.69) is 10.1 Å². The minimum Gasteiger partial charge on any atom is -0.336 e. The maximum Gasteiger partial charge on any atom is 0.282 e. The molecule has 0 saturated carbocycles. The molecular formula is C19H26N6O3S. The lowest BCUT2D eigenvalue weighted by atomic mass is 10.1. The van der Waals surface area contributed by atoms with Gasteiger partial charge in [-0.1, -0.05) is 12.8 Å². The first kappa shape index (κ1) is 20.0. The van der Waals surface area contributed by atoms with E-state index in [0.29, 0.717) is 44.8 Å².